The second-order valence-electron chi connectivity index (χ2n) is 10.4. The minimum absolute atomic E-state index is 0.0278. The number of carbonyl (C=O) groups excluding carboxylic acids is 1. The number of carbonyl (C=O) groups is 1. The van der Waals surface area contributed by atoms with Gasteiger partial charge in [0.25, 0.3) is 0 Å². The largest absolute Gasteiger partial charge is 0.507 e. The van der Waals surface area contributed by atoms with Crippen LogP contribution in [-0.2, 0) is 23.2 Å². The van der Waals surface area contributed by atoms with Crippen molar-refractivity contribution in [2.75, 3.05) is 7.11 Å². The molecule has 2 atom stereocenters. The van der Waals surface area contributed by atoms with E-state index in [0.717, 1.165) is 6.07 Å². The summed E-state index contributed by atoms with van der Waals surface area (Å²) in [4.78, 5) is 13.8. The van der Waals surface area contributed by atoms with Gasteiger partial charge < -0.3 is 34.6 Å². The van der Waals surface area contributed by atoms with E-state index in [0.29, 0.717) is 44.9 Å². The first-order valence-corrected chi connectivity index (χ1v) is 12.2. The fourth-order valence-electron chi connectivity index (χ4n) is 6.09. The maximum atomic E-state index is 13.8. The molecule has 3 aliphatic rings. The SMILES string of the molecule is COc1cc(CO)c2c(c1)O[C@@]1(C)Cc3cc4c(c(O)c3[C@@H]2O1)C(=O)c1c(O)cc(O)c(Cl)c1C4(C)C. The number of methoxy groups -OCH3 is 1. The second-order valence-corrected chi connectivity index (χ2v) is 10.8. The lowest BCUT2D eigenvalue weighted by Gasteiger charge is -2.46. The summed E-state index contributed by atoms with van der Waals surface area (Å²) >= 11 is 6.45. The summed E-state index contributed by atoms with van der Waals surface area (Å²) in [5.41, 5.74) is 1.97. The minimum atomic E-state index is -1.08. The van der Waals surface area contributed by atoms with Crippen molar-refractivity contribution >= 4 is 17.4 Å². The summed E-state index contributed by atoms with van der Waals surface area (Å²) in [6, 6.07) is 6.25. The zero-order chi connectivity index (χ0) is 26.6. The van der Waals surface area contributed by atoms with E-state index in [4.69, 9.17) is 25.8 Å². The Bertz CT molecular complexity index is 1540. The van der Waals surface area contributed by atoms with Gasteiger partial charge in [-0.1, -0.05) is 31.5 Å². The van der Waals surface area contributed by atoms with Crippen molar-refractivity contribution < 1.29 is 39.4 Å². The smallest absolute Gasteiger partial charge is 0.212 e. The van der Waals surface area contributed by atoms with Gasteiger partial charge in [0.15, 0.2) is 0 Å². The van der Waals surface area contributed by atoms with E-state index in [2.05, 4.69) is 0 Å². The molecular weight excluding hydrogens is 500 g/mol. The summed E-state index contributed by atoms with van der Waals surface area (Å²) in [5.74, 6) is -1.75. The van der Waals surface area contributed by atoms with Gasteiger partial charge in [-0.25, -0.2) is 0 Å². The molecular formula is C28H25ClO8. The summed E-state index contributed by atoms with van der Waals surface area (Å²) in [7, 11) is 1.52. The molecule has 2 bridgehead atoms. The predicted molar refractivity (Wildman–Crippen MR) is 133 cm³/mol. The molecule has 2 heterocycles. The van der Waals surface area contributed by atoms with Gasteiger partial charge in [0, 0.05) is 42.0 Å². The number of ether oxygens (including phenoxy) is 3. The molecule has 3 aromatic carbocycles. The third kappa shape index (κ3) is 3.06. The average molecular weight is 525 g/mol. The zero-order valence-electron chi connectivity index (χ0n) is 20.6. The molecule has 9 heteroatoms. The highest BCUT2D eigenvalue weighted by atomic mass is 35.5. The molecule has 3 aromatic rings. The van der Waals surface area contributed by atoms with Crippen molar-refractivity contribution in [2.24, 2.45) is 0 Å². The number of rotatable bonds is 2. The van der Waals surface area contributed by atoms with Crippen molar-refractivity contribution in [2.45, 2.75) is 51.1 Å². The Labute approximate surface area is 217 Å². The van der Waals surface area contributed by atoms with Crippen LogP contribution in [0.3, 0.4) is 0 Å². The molecule has 8 nitrogen and oxygen atoms in total. The third-order valence-corrected chi connectivity index (χ3v) is 8.12. The van der Waals surface area contributed by atoms with Crippen LogP contribution < -0.4 is 9.47 Å². The number of phenols is 3. The van der Waals surface area contributed by atoms with E-state index >= 15 is 0 Å². The molecule has 2 aliphatic heterocycles. The van der Waals surface area contributed by atoms with Crippen LogP contribution in [-0.4, -0.2) is 39.1 Å². The predicted octanol–water partition coefficient (Wildman–Crippen LogP) is 4.60. The molecule has 0 amide bonds. The van der Waals surface area contributed by atoms with Crippen LogP contribution in [0.1, 0.15) is 76.2 Å². The first kappa shape index (κ1) is 23.9. The number of hydrogen-bond donors (Lipinski definition) is 4. The lowest BCUT2D eigenvalue weighted by Crippen LogP contribution is -2.47. The molecule has 0 aromatic heterocycles. The maximum Gasteiger partial charge on any atom is 0.212 e. The molecule has 0 unspecified atom stereocenters. The Kier molecular flexibility index (Phi) is 4.87. The number of phenolic OH excluding ortho intramolecular Hbond substituents is 3. The maximum absolute atomic E-state index is 13.8. The fourth-order valence-corrected chi connectivity index (χ4v) is 6.47. The number of aliphatic hydroxyl groups is 1. The first-order valence-electron chi connectivity index (χ1n) is 11.8. The van der Waals surface area contributed by atoms with Gasteiger partial charge in [-0.15, -0.1) is 0 Å². The van der Waals surface area contributed by atoms with Gasteiger partial charge in [-0.2, -0.15) is 0 Å². The highest BCUT2D eigenvalue weighted by molar-refractivity contribution is 6.34. The van der Waals surface area contributed by atoms with E-state index in [1.54, 1.807) is 19.1 Å². The molecule has 0 spiro atoms. The standard InChI is InChI=1S/C28H25ClO8/c1-27(2)14-6-11-9-28(3)36-17-7-13(35-4)5-12(10-30)18(17)26(37-28)19(11)24(33)20(14)25(34)21-15(31)8-16(32)23(29)22(21)27/h5-8,26,30-33H,9-10H2,1-4H3/t26-,28-/m1/s1. The van der Waals surface area contributed by atoms with Crippen LogP contribution in [0.4, 0.5) is 0 Å². The summed E-state index contributed by atoms with van der Waals surface area (Å²) in [5, 5.41) is 42.7. The highest BCUT2D eigenvalue weighted by Gasteiger charge is 2.50. The van der Waals surface area contributed by atoms with Crippen LogP contribution in [0.15, 0.2) is 24.3 Å². The number of ketones is 1. The number of hydrogen-bond acceptors (Lipinski definition) is 8. The highest BCUT2D eigenvalue weighted by Crippen LogP contribution is 2.57. The zero-order valence-corrected chi connectivity index (χ0v) is 21.4. The molecule has 192 valence electrons. The Morgan fingerprint density at radius 3 is 2.46 bits per heavy atom. The number of fused-ring (bicyclic) bond motifs is 8. The Hall–Kier alpha value is -3.46. The summed E-state index contributed by atoms with van der Waals surface area (Å²) in [6.45, 7) is 5.10. The van der Waals surface area contributed by atoms with Crippen molar-refractivity contribution in [1.29, 1.82) is 0 Å². The lowest BCUT2D eigenvalue weighted by atomic mass is 9.66. The van der Waals surface area contributed by atoms with Gasteiger partial charge >= 0.3 is 0 Å². The Balaban J connectivity index is 1.65. The Morgan fingerprint density at radius 1 is 1.05 bits per heavy atom. The summed E-state index contributed by atoms with van der Waals surface area (Å²) < 4.78 is 17.9. The van der Waals surface area contributed by atoms with Crippen LogP contribution in [0.2, 0.25) is 5.02 Å². The lowest BCUT2D eigenvalue weighted by molar-refractivity contribution is -0.216. The quantitative estimate of drug-likeness (QED) is 0.383. The van der Waals surface area contributed by atoms with Crippen molar-refractivity contribution in [3.05, 3.63) is 73.8 Å². The monoisotopic (exact) mass is 524 g/mol. The second kappa shape index (κ2) is 7.54. The average Bonchev–Trinajstić information content (AvgIpc) is 2.82. The molecule has 0 saturated heterocycles. The van der Waals surface area contributed by atoms with E-state index in [1.807, 2.05) is 19.9 Å². The summed E-state index contributed by atoms with van der Waals surface area (Å²) in [6.07, 6.45) is -0.564. The van der Waals surface area contributed by atoms with Gasteiger partial charge in [0.2, 0.25) is 11.6 Å². The number of benzene rings is 3. The Morgan fingerprint density at radius 2 is 1.78 bits per heavy atom. The van der Waals surface area contributed by atoms with Crippen LogP contribution in [0.25, 0.3) is 0 Å². The van der Waals surface area contributed by atoms with Crippen LogP contribution >= 0.6 is 11.6 Å². The first-order chi connectivity index (χ1) is 17.4. The molecule has 0 saturated carbocycles. The molecule has 37 heavy (non-hydrogen) atoms. The van der Waals surface area contributed by atoms with Gasteiger partial charge in [-0.05, 0) is 28.3 Å². The number of aliphatic hydroxyl groups excluding tert-OH is 1. The minimum Gasteiger partial charge on any atom is -0.507 e. The van der Waals surface area contributed by atoms with Crippen molar-refractivity contribution in [3.63, 3.8) is 0 Å². The van der Waals surface area contributed by atoms with E-state index < -0.39 is 28.8 Å². The molecule has 4 N–H and O–H groups in total. The third-order valence-electron chi connectivity index (χ3n) is 7.74. The van der Waals surface area contributed by atoms with E-state index in [1.165, 1.54) is 7.11 Å². The fraction of sp³-hybridized carbons (Fsp3) is 0.321. The van der Waals surface area contributed by atoms with Gasteiger partial charge in [0.05, 0.1) is 29.9 Å². The molecule has 1 aliphatic carbocycles. The van der Waals surface area contributed by atoms with Crippen LogP contribution in [0.5, 0.6) is 28.7 Å². The van der Waals surface area contributed by atoms with Gasteiger partial charge in [0.1, 0.15) is 34.9 Å². The number of aromatic hydroxyl groups is 3. The van der Waals surface area contributed by atoms with E-state index in [9.17, 15) is 25.2 Å². The van der Waals surface area contributed by atoms with Crippen molar-refractivity contribution in [3.8, 4) is 28.7 Å². The van der Waals surface area contributed by atoms with E-state index in [-0.39, 0.29) is 40.7 Å². The topological polar surface area (TPSA) is 126 Å². The molecule has 6 rings (SSSR count). The van der Waals surface area contributed by atoms with Crippen molar-refractivity contribution in [1.82, 2.24) is 0 Å². The van der Waals surface area contributed by atoms with Gasteiger partial charge in [-0.3, -0.25) is 4.79 Å². The normalized spacial score (nSPS) is 22.3. The van der Waals surface area contributed by atoms with Crippen LogP contribution in [0, 0.1) is 0 Å². The molecule has 0 radical (unpaired) electrons. The number of halogens is 1. The molecule has 0 fully saturated rings.